The average molecular weight is 399 g/mol. The van der Waals surface area contributed by atoms with Crippen molar-refractivity contribution in [2.24, 2.45) is 10.2 Å². The van der Waals surface area contributed by atoms with Crippen LogP contribution in [0.25, 0.3) is 10.8 Å². The zero-order valence-corrected chi connectivity index (χ0v) is 16.6. The van der Waals surface area contributed by atoms with Crippen LogP contribution in [0, 0.1) is 6.92 Å². The first-order valence-corrected chi connectivity index (χ1v) is 9.04. The fourth-order valence-electron chi connectivity index (χ4n) is 2.63. The van der Waals surface area contributed by atoms with E-state index in [9.17, 15) is 18.1 Å². The number of aromatic hydroxyl groups is 1. The van der Waals surface area contributed by atoms with Crippen molar-refractivity contribution in [1.29, 1.82) is 0 Å². The Bertz CT molecular complexity index is 1130. The Morgan fingerprint density at radius 1 is 1.04 bits per heavy atom. The van der Waals surface area contributed by atoms with E-state index in [0.29, 0.717) is 11.3 Å². The number of hydrogen-bond donors (Lipinski definition) is 2. The number of aryl methyl sites for hydroxylation is 1. The molecular formula is C18H16AlN2O5S+3. The van der Waals surface area contributed by atoms with Crippen LogP contribution in [0.15, 0.2) is 63.7 Å². The summed E-state index contributed by atoms with van der Waals surface area (Å²) in [5.74, 6) is 0.101. The van der Waals surface area contributed by atoms with Gasteiger partial charge in [-0.05, 0) is 30.0 Å². The molecule has 27 heavy (non-hydrogen) atoms. The standard InChI is InChI=1S/C18H16N2O5S.Al/c1-11-9-14(16(25-2)10-17(11)26(22,23)24)19-20-18-13-6-4-3-5-12(13)7-8-15(18)21;/h3-10,21H,1-2H3,(H,22,23,24);/q;+3. The maximum absolute atomic E-state index is 11.4. The van der Waals surface area contributed by atoms with Crippen molar-refractivity contribution in [2.75, 3.05) is 7.11 Å². The van der Waals surface area contributed by atoms with Gasteiger partial charge >= 0.3 is 17.4 Å². The minimum absolute atomic E-state index is 0. The van der Waals surface area contributed by atoms with Gasteiger partial charge in [0.05, 0.1) is 7.11 Å². The van der Waals surface area contributed by atoms with Crippen LogP contribution in [0.1, 0.15) is 5.56 Å². The van der Waals surface area contributed by atoms with Gasteiger partial charge in [-0.15, -0.1) is 10.2 Å². The molecule has 0 aliphatic heterocycles. The molecule has 0 aliphatic carbocycles. The Morgan fingerprint density at radius 2 is 1.74 bits per heavy atom. The molecule has 2 N–H and O–H groups in total. The second-order valence-corrected chi connectivity index (χ2v) is 7.01. The molecule has 0 fully saturated rings. The fourth-order valence-corrected chi connectivity index (χ4v) is 3.35. The van der Waals surface area contributed by atoms with E-state index in [1.165, 1.54) is 32.2 Å². The molecule has 0 spiro atoms. The van der Waals surface area contributed by atoms with Crippen molar-refractivity contribution in [3.8, 4) is 11.5 Å². The van der Waals surface area contributed by atoms with Crippen LogP contribution >= 0.6 is 0 Å². The first-order valence-electron chi connectivity index (χ1n) is 7.60. The van der Waals surface area contributed by atoms with E-state index < -0.39 is 10.1 Å². The van der Waals surface area contributed by atoms with Crippen LogP contribution in [-0.2, 0) is 10.1 Å². The van der Waals surface area contributed by atoms with Crippen molar-refractivity contribution in [3.63, 3.8) is 0 Å². The number of methoxy groups -OCH3 is 1. The summed E-state index contributed by atoms with van der Waals surface area (Å²) in [6.07, 6.45) is 0. The van der Waals surface area contributed by atoms with Crippen LogP contribution in [0.4, 0.5) is 11.4 Å². The van der Waals surface area contributed by atoms with Gasteiger partial charge in [-0.25, -0.2) is 0 Å². The molecule has 9 heteroatoms. The third-order valence-electron chi connectivity index (χ3n) is 3.89. The van der Waals surface area contributed by atoms with Gasteiger partial charge in [0.1, 0.15) is 27.8 Å². The SMILES string of the molecule is COc1cc(S(=O)(=O)O)c(C)cc1N=Nc1c(O)ccc2ccccc12.[Al+3]. The summed E-state index contributed by atoms with van der Waals surface area (Å²) in [6.45, 7) is 1.52. The summed E-state index contributed by atoms with van der Waals surface area (Å²) < 4.78 is 37.3. The monoisotopic (exact) mass is 399 g/mol. The Hall–Kier alpha value is -2.44. The predicted molar refractivity (Wildman–Crippen MR) is 103 cm³/mol. The van der Waals surface area contributed by atoms with Crippen LogP contribution in [0.2, 0.25) is 0 Å². The van der Waals surface area contributed by atoms with Gasteiger partial charge in [-0.3, -0.25) is 4.55 Å². The summed E-state index contributed by atoms with van der Waals surface area (Å²) in [4.78, 5) is -0.263. The maximum atomic E-state index is 11.4. The number of nitrogens with zero attached hydrogens (tertiary/aromatic N) is 2. The Morgan fingerprint density at radius 3 is 2.41 bits per heavy atom. The third kappa shape index (κ3) is 4.29. The molecule has 0 saturated carbocycles. The van der Waals surface area contributed by atoms with Crippen molar-refractivity contribution in [1.82, 2.24) is 0 Å². The van der Waals surface area contributed by atoms with Crippen LogP contribution < -0.4 is 4.74 Å². The van der Waals surface area contributed by atoms with Crippen molar-refractivity contribution in [2.45, 2.75) is 11.8 Å². The quantitative estimate of drug-likeness (QED) is 0.389. The van der Waals surface area contributed by atoms with Gasteiger partial charge in [-0.2, -0.15) is 8.42 Å². The molecule has 0 radical (unpaired) electrons. The second kappa shape index (κ2) is 8.07. The molecule has 0 unspecified atom stereocenters. The summed E-state index contributed by atoms with van der Waals surface area (Å²) in [6, 6.07) is 13.3. The molecular weight excluding hydrogens is 383 g/mol. The number of benzene rings is 3. The van der Waals surface area contributed by atoms with Gasteiger partial charge in [0.25, 0.3) is 10.1 Å². The minimum Gasteiger partial charge on any atom is -0.506 e. The van der Waals surface area contributed by atoms with Gasteiger partial charge in [0.15, 0.2) is 0 Å². The number of phenols is 1. The zero-order chi connectivity index (χ0) is 18.9. The topological polar surface area (TPSA) is 109 Å². The molecule has 0 amide bonds. The van der Waals surface area contributed by atoms with Crippen LogP contribution in [0.5, 0.6) is 11.5 Å². The van der Waals surface area contributed by atoms with Gasteiger partial charge in [-0.1, -0.05) is 30.3 Å². The van der Waals surface area contributed by atoms with Gasteiger partial charge in [0.2, 0.25) is 0 Å². The van der Waals surface area contributed by atoms with E-state index in [4.69, 9.17) is 4.74 Å². The fraction of sp³-hybridized carbons (Fsp3) is 0.111. The summed E-state index contributed by atoms with van der Waals surface area (Å²) in [5, 5.41) is 20.0. The number of ether oxygens (including phenoxy) is 1. The second-order valence-electron chi connectivity index (χ2n) is 5.62. The molecule has 7 nitrogen and oxygen atoms in total. The van der Waals surface area contributed by atoms with Gasteiger partial charge < -0.3 is 9.84 Å². The third-order valence-corrected chi connectivity index (χ3v) is 4.89. The average Bonchev–Trinajstić information content (AvgIpc) is 2.60. The number of azo groups is 1. The molecule has 0 bridgehead atoms. The largest absolute Gasteiger partial charge is 3.00 e. The summed E-state index contributed by atoms with van der Waals surface area (Å²) in [7, 11) is -3.02. The zero-order valence-electron chi connectivity index (χ0n) is 14.6. The van der Waals surface area contributed by atoms with Crippen molar-refractivity contribution >= 4 is 49.6 Å². The van der Waals surface area contributed by atoms with E-state index in [2.05, 4.69) is 10.2 Å². The number of hydrogen-bond acceptors (Lipinski definition) is 6. The minimum atomic E-state index is -4.38. The van der Waals surface area contributed by atoms with E-state index >= 15 is 0 Å². The summed E-state index contributed by atoms with van der Waals surface area (Å²) in [5.41, 5.74) is 0.857. The molecule has 134 valence electrons. The van der Waals surface area contributed by atoms with Crippen molar-refractivity contribution < 1.29 is 22.8 Å². The molecule has 3 aromatic carbocycles. The van der Waals surface area contributed by atoms with E-state index in [1.54, 1.807) is 6.07 Å². The molecule has 0 heterocycles. The first-order chi connectivity index (χ1) is 12.3. The normalized spacial score (nSPS) is 11.5. The molecule has 0 atom stereocenters. The maximum Gasteiger partial charge on any atom is 3.00 e. The van der Waals surface area contributed by atoms with Gasteiger partial charge in [0, 0.05) is 11.5 Å². The van der Waals surface area contributed by atoms with Crippen molar-refractivity contribution in [3.05, 3.63) is 54.1 Å². The molecule has 3 aromatic rings. The van der Waals surface area contributed by atoms with E-state index in [-0.39, 0.29) is 39.4 Å². The number of rotatable bonds is 4. The summed E-state index contributed by atoms with van der Waals surface area (Å²) >= 11 is 0. The Labute approximate surface area is 167 Å². The predicted octanol–water partition coefficient (Wildman–Crippen LogP) is 4.14. The number of fused-ring (bicyclic) bond motifs is 1. The molecule has 0 saturated heterocycles. The Kier molecular flexibility index (Phi) is 6.23. The van der Waals surface area contributed by atoms with Crippen LogP contribution in [-0.4, -0.2) is 42.5 Å². The number of phenolic OH excluding ortho intramolecular Hbond substituents is 1. The van der Waals surface area contributed by atoms with Crippen LogP contribution in [0.3, 0.4) is 0 Å². The Balaban J connectivity index is 0.00000261. The molecule has 3 rings (SSSR count). The van der Waals surface area contributed by atoms with E-state index in [1.807, 2.05) is 24.3 Å². The smallest absolute Gasteiger partial charge is 0.506 e. The molecule has 0 aliphatic rings. The van der Waals surface area contributed by atoms with E-state index in [0.717, 1.165) is 10.8 Å². The molecule has 0 aromatic heterocycles. The first kappa shape index (κ1) is 20.9.